The fourth-order valence-electron chi connectivity index (χ4n) is 1.14. The van der Waals surface area contributed by atoms with Gasteiger partial charge in [0.2, 0.25) is 0 Å². The molecule has 70 valence electrons. The van der Waals surface area contributed by atoms with Crippen LogP contribution in [0.1, 0.15) is 11.1 Å². The van der Waals surface area contributed by atoms with Crippen LogP contribution in [-0.2, 0) is 6.42 Å². The van der Waals surface area contributed by atoms with Crippen molar-refractivity contribution in [3.05, 3.63) is 39.4 Å². The molecule has 0 saturated carbocycles. The molecule has 4 heteroatoms. The van der Waals surface area contributed by atoms with Crippen LogP contribution in [0.15, 0.2) is 18.2 Å². The summed E-state index contributed by atoms with van der Waals surface area (Å²) in [4.78, 5) is 10.2. The normalized spacial score (nSPS) is 10.0. The lowest BCUT2D eigenvalue weighted by Gasteiger charge is -2.00. The maximum Gasteiger partial charge on any atom is 0.272 e. The van der Waals surface area contributed by atoms with Crippen LogP contribution in [0, 0.1) is 17.0 Å². The summed E-state index contributed by atoms with van der Waals surface area (Å²) in [6, 6.07) is 5.29. The second-order valence-corrected chi connectivity index (χ2v) is 3.30. The number of hydrogen-bond acceptors (Lipinski definition) is 3. The van der Waals surface area contributed by atoms with Gasteiger partial charge in [0.1, 0.15) is 0 Å². The van der Waals surface area contributed by atoms with Crippen LogP contribution < -0.4 is 0 Å². The van der Waals surface area contributed by atoms with Crippen LogP contribution in [0.3, 0.4) is 0 Å². The molecule has 0 spiro atoms. The first-order chi connectivity index (χ1) is 6.15. The maximum atomic E-state index is 10.6. The number of benzene rings is 1. The number of thiol groups is 1. The minimum Gasteiger partial charge on any atom is -0.258 e. The van der Waals surface area contributed by atoms with Crippen molar-refractivity contribution >= 4 is 18.3 Å². The van der Waals surface area contributed by atoms with Crippen molar-refractivity contribution < 1.29 is 4.92 Å². The van der Waals surface area contributed by atoms with Crippen molar-refractivity contribution in [2.24, 2.45) is 0 Å². The van der Waals surface area contributed by atoms with Gasteiger partial charge in [-0.05, 0) is 24.7 Å². The highest BCUT2D eigenvalue weighted by atomic mass is 32.1. The summed E-state index contributed by atoms with van der Waals surface area (Å²) in [5.41, 5.74) is 1.86. The van der Waals surface area contributed by atoms with E-state index in [9.17, 15) is 10.1 Å². The third-order valence-corrected chi connectivity index (χ3v) is 2.09. The minimum absolute atomic E-state index is 0.194. The van der Waals surface area contributed by atoms with E-state index in [0.717, 1.165) is 12.0 Å². The van der Waals surface area contributed by atoms with E-state index < -0.39 is 0 Å². The smallest absolute Gasteiger partial charge is 0.258 e. The third kappa shape index (κ3) is 2.45. The van der Waals surface area contributed by atoms with Gasteiger partial charge in [-0.2, -0.15) is 12.6 Å². The van der Waals surface area contributed by atoms with Crippen molar-refractivity contribution in [2.75, 3.05) is 5.75 Å². The molecule has 1 aromatic rings. The van der Waals surface area contributed by atoms with E-state index in [-0.39, 0.29) is 10.6 Å². The van der Waals surface area contributed by atoms with E-state index in [0.29, 0.717) is 11.3 Å². The Morgan fingerprint density at radius 1 is 1.54 bits per heavy atom. The molecule has 0 saturated heterocycles. The topological polar surface area (TPSA) is 43.1 Å². The lowest BCUT2D eigenvalue weighted by molar-refractivity contribution is -0.385. The Balaban J connectivity index is 3.04. The Kier molecular flexibility index (Phi) is 3.31. The molecule has 0 unspecified atom stereocenters. The largest absolute Gasteiger partial charge is 0.272 e. The molecule has 0 aliphatic heterocycles. The highest BCUT2D eigenvalue weighted by Gasteiger charge is 2.09. The van der Waals surface area contributed by atoms with Gasteiger partial charge >= 0.3 is 0 Å². The Labute approximate surface area is 82.3 Å². The molecule has 0 aliphatic carbocycles. The first-order valence-electron chi connectivity index (χ1n) is 4.00. The SMILES string of the molecule is Cc1ccc(CCS)cc1[N+](=O)[O-]. The Bertz CT molecular complexity index is 325. The van der Waals surface area contributed by atoms with Gasteiger partial charge in [-0.3, -0.25) is 10.1 Å². The van der Waals surface area contributed by atoms with Gasteiger partial charge in [0.15, 0.2) is 0 Å². The van der Waals surface area contributed by atoms with Gasteiger partial charge in [0.05, 0.1) is 4.92 Å². The maximum absolute atomic E-state index is 10.6. The molecule has 13 heavy (non-hydrogen) atoms. The predicted octanol–water partition coefficient (Wildman–Crippen LogP) is 2.38. The van der Waals surface area contributed by atoms with E-state index in [1.807, 2.05) is 6.07 Å². The fourth-order valence-corrected chi connectivity index (χ4v) is 1.39. The van der Waals surface area contributed by atoms with Gasteiger partial charge < -0.3 is 0 Å². The molecule has 0 aliphatic rings. The zero-order chi connectivity index (χ0) is 9.84. The number of nitro groups is 1. The zero-order valence-corrected chi connectivity index (χ0v) is 8.25. The second kappa shape index (κ2) is 4.28. The molecule has 0 heterocycles. The number of nitro benzene ring substituents is 1. The monoisotopic (exact) mass is 197 g/mol. The van der Waals surface area contributed by atoms with E-state index >= 15 is 0 Å². The highest BCUT2D eigenvalue weighted by Crippen LogP contribution is 2.19. The van der Waals surface area contributed by atoms with Crippen LogP contribution in [0.25, 0.3) is 0 Å². The zero-order valence-electron chi connectivity index (χ0n) is 7.36. The summed E-state index contributed by atoms with van der Waals surface area (Å²) >= 11 is 4.07. The third-order valence-electron chi connectivity index (χ3n) is 1.87. The molecule has 3 nitrogen and oxygen atoms in total. The molecule has 0 aromatic heterocycles. The predicted molar refractivity (Wildman–Crippen MR) is 55.4 cm³/mol. The second-order valence-electron chi connectivity index (χ2n) is 2.85. The number of aryl methyl sites for hydroxylation is 2. The average molecular weight is 197 g/mol. The van der Waals surface area contributed by atoms with E-state index in [2.05, 4.69) is 12.6 Å². The van der Waals surface area contributed by atoms with Crippen LogP contribution >= 0.6 is 12.6 Å². The van der Waals surface area contributed by atoms with Crippen LogP contribution in [0.4, 0.5) is 5.69 Å². The fraction of sp³-hybridized carbons (Fsp3) is 0.333. The lowest BCUT2D eigenvalue weighted by Crippen LogP contribution is -1.94. The van der Waals surface area contributed by atoms with Gasteiger partial charge in [-0.1, -0.05) is 12.1 Å². The number of rotatable bonds is 3. The summed E-state index contributed by atoms with van der Waals surface area (Å²) in [6.45, 7) is 1.74. The van der Waals surface area contributed by atoms with Crippen molar-refractivity contribution in [1.29, 1.82) is 0 Å². The van der Waals surface area contributed by atoms with E-state index in [1.54, 1.807) is 19.1 Å². The minimum atomic E-state index is -0.350. The summed E-state index contributed by atoms with van der Waals surface area (Å²) in [7, 11) is 0. The summed E-state index contributed by atoms with van der Waals surface area (Å²) in [6.07, 6.45) is 0.768. The summed E-state index contributed by atoms with van der Waals surface area (Å²) < 4.78 is 0. The molecule has 0 fully saturated rings. The molecule has 0 atom stereocenters. The molecular weight excluding hydrogens is 186 g/mol. The molecule has 0 bridgehead atoms. The molecule has 1 aromatic carbocycles. The van der Waals surface area contributed by atoms with Gasteiger partial charge in [-0.25, -0.2) is 0 Å². The molecule has 0 radical (unpaired) electrons. The first kappa shape index (κ1) is 10.1. The first-order valence-corrected chi connectivity index (χ1v) is 4.63. The molecule has 0 N–H and O–H groups in total. The quantitative estimate of drug-likeness (QED) is 0.459. The highest BCUT2D eigenvalue weighted by molar-refractivity contribution is 7.80. The number of hydrogen-bond donors (Lipinski definition) is 1. The van der Waals surface area contributed by atoms with E-state index in [4.69, 9.17) is 0 Å². The Morgan fingerprint density at radius 2 is 2.23 bits per heavy atom. The Hall–Kier alpha value is -1.03. The van der Waals surface area contributed by atoms with Crippen LogP contribution in [0.5, 0.6) is 0 Å². The van der Waals surface area contributed by atoms with Gasteiger partial charge in [-0.15, -0.1) is 0 Å². The van der Waals surface area contributed by atoms with Gasteiger partial charge in [0, 0.05) is 11.6 Å². The van der Waals surface area contributed by atoms with Crippen molar-refractivity contribution in [1.82, 2.24) is 0 Å². The van der Waals surface area contributed by atoms with Crippen molar-refractivity contribution in [3.8, 4) is 0 Å². The molecule has 0 amide bonds. The standard InChI is InChI=1S/C9H11NO2S/c1-7-2-3-8(4-5-13)6-9(7)10(11)12/h2-3,6,13H,4-5H2,1H3. The summed E-state index contributed by atoms with van der Waals surface area (Å²) in [5.74, 6) is 0.709. The van der Waals surface area contributed by atoms with Crippen molar-refractivity contribution in [2.45, 2.75) is 13.3 Å². The Morgan fingerprint density at radius 3 is 2.77 bits per heavy atom. The number of nitrogens with zero attached hydrogens (tertiary/aromatic N) is 1. The molecular formula is C9H11NO2S. The van der Waals surface area contributed by atoms with Crippen molar-refractivity contribution in [3.63, 3.8) is 0 Å². The average Bonchev–Trinajstić information content (AvgIpc) is 2.08. The lowest BCUT2D eigenvalue weighted by atomic mass is 10.1. The molecule has 1 rings (SSSR count). The summed E-state index contributed by atoms with van der Waals surface area (Å²) in [5, 5.41) is 10.6. The van der Waals surface area contributed by atoms with Crippen LogP contribution in [-0.4, -0.2) is 10.7 Å². The van der Waals surface area contributed by atoms with Crippen LogP contribution in [0.2, 0.25) is 0 Å². The van der Waals surface area contributed by atoms with E-state index in [1.165, 1.54) is 0 Å². The van der Waals surface area contributed by atoms with Gasteiger partial charge in [0.25, 0.3) is 5.69 Å².